The van der Waals surface area contributed by atoms with Crippen molar-refractivity contribution in [2.75, 3.05) is 13.7 Å². The van der Waals surface area contributed by atoms with Gasteiger partial charge in [0.2, 0.25) is 5.97 Å². The summed E-state index contributed by atoms with van der Waals surface area (Å²) in [6, 6.07) is 5.42. The maximum Gasteiger partial charge on any atom is 1.00 e. The molecule has 0 aromatic heterocycles. The Labute approximate surface area is 160 Å². The van der Waals surface area contributed by atoms with E-state index >= 15 is 0 Å². The van der Waals surface area contributed by atoms with E-state index in [9.17, 15) is 14.0 Å². The molecule has 1 rings (SSSR count). The summed E-state index contributed by atoms with van der Waals surface area (Å²) in [6.45, 7) is 1.74. The number of ether oxygens (including phenoxy) is 1. The maximum absolute atomic E-state index is 13.5. The van der Waals surface area contributed by atoms with Gasteiger partial charge in [-0.3, -0.25) is 0 Å². The number of rotatable bonds is 5. The molecule has 0 spiro atoms. The Kier molecular flexibility index (Phi) is 9.34. The third kappa shape index (κ3) is 5.26. The first kappa shape index (κ1) is 18.6. The Morgan fingerprint density at radius 1 is 1.37 bits per heavy atom. The van der Waals surface area contributed by atoms with Crippen LogP contribution in [0.2, 0.25) is 0 Å². The van der Waals surface area contributed by atoms with Gasteiger partial charge < -0.3 is 19.6 Å². The first-order valence-electron chi connectivity index (χ1n) is 5.37. The van der Waals surface area contributed by atoms with Crippen LogP contribution in [0.15, 0.2) is 29.8 Å². The molecular weight excluding hydrogens is 323 g/mol. The van der Waals surface area contributed by atoms with E-state index in [1.165, 1.54) is 25.2 Å². The molecule has 1 aromatic carbocycles. The van der Waals surface area contributed by atoms with Gasteiger partial charge in [-0.1, -0.05) is 24.4 Å². The van der Waals surface area contributed by atoms with Gasteiger partial charge in [0.05, 0.1) is 12.4 Å². The van der Waals surface area contributed by atoms with Gasteiger partial charge in [-0.15, -0.1) is 0 Å². The van der Waals surface area contributed by atoms with Crippen molar-refractivity contribution >= 4 is 11.8 Å². The molecule has 1 N–H and O–H groups in total. The van der Waals surface area contributed by atoms with Crippen molar-refractivity contribution in [3.63, 3.8) is 0 Å². The van der Waals surface area contributed by atoms with E-state index in [4.69, 9.17) is 4.74 Å². The molecule has 0 radical (unpaired) electrons. The van der Waals surface area contributed by atoms with E-state index in [0.29, 0.717) is 0 Å². The monoisotopic (exact) mass is 335 g/mol. The molecule has 0 aliphatic carbocycles. The molecule has 1 aromatic rings. The zero-order valence-corrected chi connectivity index (χ0v) is 16.0. The SMILES string of the molecule is CCOC(=O)C(=[C-]NC)C(=O)c1ccccc1F.[Rb+]. The molecule has 0 fully saturated rings. The number of ketones is 1. The second kappa shape index (κ2) is 9.53. The van der Waals surface area contributed by atoms with E-state index in [1.54, 1.807) is 6.92 Å². The van der Waals surface area contributed by atoms with Crippen molar-refractivity contribution in [3.05, 3.63) is 47.4 Å². The third-order valence-corrected chi connectivity index (χ3v) is 2.08. The Bertz CT molecular complexity index is 489. The molecule has 0 unspecified atom stereocenters. The summed E-state index contributed by atoms with van der Waals surface area (Å²) in [6.07, 6.45) is 2.37. The van der Waals surface area contributed by atoms with Gasteiger partial charge in [-0.25, -0.2) is 4.39 Å². The number of hydrogen-bond acceptors (Lipinski definition) is 4. The van der Waals surface area contributed by atoms with Gasteiger partial charge in [0.1, 0.15) is 5.82 Å². The smallest absolute Gasteiger partial charge is 0.519 e. The molecule has 0 saturated carbocycles. The number of benzene rings is 1. The van der Waals surface area contributed by atoms with Gasteiger partial charge in [0.15, 0.2) is 0 Å². The summed E-state index contributed by atoms with van der Waals surface area (Å²) in [5, 5.41) is 2.45. The van der Waals surface area contributed by atoms with Crippen LogP contribution in [0, 0.1) is 12.0 Å². The zero-order chi connectivity index (χ0) is 13.5. The average molecular weight is 336 g/mol. The molecule has 96 valence electrons. The quantitative estimate of drug-likeness (QED) is 0.135. The second-order valence-corrected chi connectivity index (χ2v) is 3.28. The maximum atomic E-state index is 13.5. The van der Waals surface area contributed by atoms with Crippen LogP contribution in [0.3, 0.4) is 0 Å². The minimum atomic E-state index is -0.833. The van der Waals surface area contributed by atoms with Crippen molar-refractivity contribution in [1.82, 2.24) is 5.32 Å². The van der Waals surface area contributed by atoms with Gasteiger partial charge >= 0.3 is 58.2 Å². The molecule has 0 amide bonds. The number of esters is 1. The molecular formula is C13H13FNO3Rb. The zero-order valence-electron chi connectivity index (χ0n) is 11.1. The van der Waals surface area contributed by atoms with Crippen LogP contribution >= 0.6 is 0 Å². The van der Waals surface area contributed by atoms with E-state index in [1.807, 2.05) is 0 Å². The number of Topliss-reactive ketones (excluding diaryl/α,β-unsaturated/α-hetero) is 1. The Hall–Kier alpha value is -0.365. The van der Waals surface area contributed by atoms with E-state index in [0.717, 1.165) is 6.07 Å². The summed E-state index contributed by atoms with van der Waals surface area (Å²) >= 11 is 0. The van der Waals surface area contributed by atoms with E-state index < -0.39 is 17.6 Å². The standard InChI is InChI=1S/C13H13FNO3.Rb/c1-3-18-13(17)10(8-15-2)12(16)9-6-4-5-7-11(9)14;/h4-7,15H,3H2,1-2H3;/q-1;+1. The van der Waals surface area contributed by atoms with Crippen molar-refractivity contribution in [2.24, 2.45) is 0 Å². The molecule has 0 aliphatic heterocycles. The van der Waals surface area contributed by atoms with Crippen molar-refractivity contribution in [2.45, 2.75) is 6.92 Å². The molecule has 6 heteroatoms. The normalized spacial score (nSPS) is 10.4. The summed E-state index contributed by atoms with van der Waals surface area (Å²) < 4.78 is 18.2. The average Bonchev–Trinajstić information content (AvgIpc) is 2.36. The van der Waals surface area contributed by atoms with Crippen LogP contribution in [-0.4, -0.2) is 25.4 Å². The Morgan fingerprint density at radius 2 is 2.00 bits per heavy atom. The van der Waals surface area contributed by atoms with Crippen LogP contribution in [0.4, 0.5) is 4.39 Å². The largest absolute Gasteiger partial charge is 1.00 e. The fraction of sp³-hybridized carbons (Fsp3) is 0.231. The Balaban J connectivity index is 0.00000324. The molecule has 0 bridgehead atoms. The number of halogens is 1. The van der Waals surface area contributed by atoms with E-state index in [-0.39, 0.29) is 75.9 Å². The number of nitrogens with one attached hydrogen (secondary N) is 1. The molecule has 0 heterocycles. The molecule has 0 saturated heterocycles. The molecule has 0 aliphatic rings. The van der Waals surface area contributed by atoms with Crippen molar-refractivity contribution < 1.29 is 76.9 Å². The fourth-order valence-corrected chi connectivity index (χ4v) is 1.31. The van der Waals surface area contributed by atoms with Gasteiger partial charge in [-0.2, -0.15) is 0 Å². The fourth-order valence-electron chi connectivity index (χ4n) is 1.31. The van der Waals surface area contributed by atoms with Gasteiger partial charge in [0.25, 0.3) is 0 Å². The van der Waals surface area contributed by atoms with Crippen LogP contribution in [-0.2, 0) is 9.53 Å². The minimum absolute atomic E-state index is 0. The van der Waals surface area contributed by atoms with E-state index in [2.05, 4.69) is 11.5 Å². The van der Waals surface area contributed by atoms with Crippen molar-refractivity contribution in [3.8, 4) is 0 Å². The number of hydrogen-bond donors (Lipinski definition) is 1. The molecule has 19 heavy (non-hydrogen) atoms. The predicted octanol–water partition coefficient (Wildman–Crippen LogP) is -1.52. The van der Waals surface area contributed by atoms with Crippen LogP contribution in [0.25, 0.3) is 0 Å². The van der Waals surface area contributed by atoms with Gasteiger partial charge in [-0.05, 0) is 25.6 Å². The Morgan fingerprint density at radius 3 is 2.53 bits per heavy atom. The second-order valence-electron chi connectivity index (χ2n) is 3.28. The summed E-state index contributed by atoms with van der Waals surface area (Å²) in [5.41, 5.74) is -0.548. The molecule has 4 nitrogen and oxygen atoms in total. The van der Waals surface area contributed by atoms with Crippen LogP contribution in [0.1, 0.15) is 17.3 Å². The minimum Gasteiger partial charge on any atom is -0.519 e. The summed E-state index contributed by atoms with van der Waals surface area (Å²) in [5.74, 6) is -2.29. The molecule has 0 atom stereocenters. The topological polar surface area (TPSA) is 55.4 Å². The number of carbonyl (C=O) groups is 2. The first-order chi connectivity index (χ1) is 8.61. The third-order valence-electron chi connectivity index (χ3n) is 2.08. The van der Waals surface area contributed by atoms with Gasteiger partial charge in [0, 0.05) is 5.56 Å². The van der Waals surface area contributed by atoms with Crippen LogP contribution in [0.5, 0.6) is 0 Å². The first-order valence-corrected chi connectivity index (χ1v) is 5.37. The van der Waals surface area contributed by atoms with Crippen LogP contribution < -0.4 is 63.5 Å². The summed E-state index contributed by atoms with van der Waals surface area (Å²) in [4.78, 5) is 23.5. The number of carbonyl (C=O) groups excluding carboxylic acids is 2. The van der Waals surface area contributed by atoms with Crippen molar-refractivity contribution in [1.29, 1.82) is 0 Å². The summed E-state index contributed by atoms with van der Waals surface area (Å²) in [7, 11) is 1.48. The predicted molar refractivity (Wildman–Crippen MR) is 63.2 cm³/mol.